The van der Waals surface area contributed by atoms with Gasteiger partial charge < -0.3 is 0 Å². The molecule has 0 heterocycles. The summed E-state index contributed by atoms with van der Waals surface area (Å²) in [5, 5.41) is 1.25. The van der Waals surface area contributed by atoms with Gasteiger partial charge in [0.2, 0.25) is 0 Å². The Bertz CT molecular complexity index is 390. The second kappa shape index (κ2) is 5.64. The zero-order chi connectivity index (χ0) is 12.9. The number of carbonyl (C=O) groups is 1. The molecule has 3 nitrogen and oxygen atoms in total. The van der Waals surface area contributed by atoms with Gasteiger partial charge >= 0.3 is 0 Å². The summed E-state index contributed by atoms with van der Waals surface area (Å²) in [7, 11) is 1.61. The van der Waals surface area contributed by atoms with Crippen LogP contribution in [0.1, 0.15) is 26.3 Å². The van der Waals surface area contributed by atoms with Crippen LogP contribution in [-0.4, -0.2) is 23.6 Å². The molecular formula is C14H19NO2. The van der Waals surface area contributed by atoms with Gasteiger partial charge in [0.1, 0.15) is 0 Å². The lowest BCUT2D eigenvalue weighted by Crippen LogP contribution is -2.34. The van der Waals surface area contributed by atoms with E-state index < -0.39 is 0 Å². The number of hydrogen-bond acceptors (Lipinski definition) is 2. The standard InChI is InChI=1S/C14H19NO2/c1-14(2,3)17-15(4)13(16)11-10-12-8-6-5-7-9-12/h5-11H,1-4H3/b11-10+. The van der Waals surface area contributed by atoms with Crippen LogP contribution >= 0.6 is 0 Å². The summed E-state index contributed by atoms with van der Waals surface area (Å²) in [4.78, 5) is 17.1. The van der Waals surface area contributed by atoms with Gasteiger partial charge in [0, 0.05) is 13.1 Å². The summed E-state index contributed by atoms with van der Waals surface area (Å²) < 4.78 is 0. The van der Waals surface area contributed by atoms with Crippen molar-refractivity contribution in [1.29, 1.82) is 0 Å². The van der Waals surface area contributed by atoms with Gasteiger partial charge in [0.25, 0.3) is 5.91 Å². The molecule has 1 aromatic rings. The molecular weight excluding hydrogens is 214 g/mol. The number of amides is 1. The fraction of sp³-hybridized carbons (Fsp3) is 0.357. The average Bonchev–Trinajstić information content (AvgIpc) is 2.25. The largest absolute Gasteiger partial charge is 0.269 e. The number of hydrogen-bond donors (Lipinski definition) is 0. The predicted octanol–water partition coefficient (Wildman–Crippen LogP) is 2.89. The molecule has 1 aromatic carbocycles. The van der Waals surface area contributed by atoms with Crippen molar-refractivity contribution in [2.24, 2.45) is 0 Å². The third-order valence-corrected chi connectivity index (χ3v) is 1.94. The number of benzene rings is 1. The maximum absolute atomic E-state index is 11.7. The van der Waals surface area contributed by atoms with Crippen LogP contribution in [0.25, 0.3) is 6.08 Å². The highest BCUT2D eigenvalue weighted by Gasteiger charge is 2.16. The van der Waals surface area contributed by atoms with Crippen LogP contribution in [0.15, 0.2) is 36.4 Å². The van der Waals surface area contributed by atoms with Crippen molar-refractivity contribution in [3.05, 3.63) is 42.0 Å². The minimum Gasteiger partial charge on any atom is -0.267 e. The Labute approximate surface area is 103 Å². The van der Waals surface area contributed by atoms with Crippen molar-refractivity contribution >= 4 is 12.0 Å². The third kappa shape index (κ3) is 5.31. The second-order valence-corrected chi connectivity index (χ2v) is 4.78. The first kappa shape index (κ1) is 13.5. The Balaban J connectivity index is 2.58. The van der Waals surface area contributed by atoms with Crippen molar-refractivity contribution in [2.45, 2.75) is 26.4 Å². The lowest BCUT2D eigenvalue weighted by Gasteiger charge is -2.25. The van der Waals surface area contributed by atoms with E-state index in [-0.39, 0.29) is 11.5 Å². The fourth-order valence-electron chi connectivity index (χ4n) is 1.29. The maximum atomic E-state index is 11.7. The van der Waals surface area contributed by atoms with E-state index in [2.05, 4.69) is 0 Å². The first-order chi connectivity index (χ1) is 7.88. The monoisotopic (exact) mass is 233 g/mol. The molecule has 0 aliphatic rings. The molecule has 0 saturated heterocycles. The van der Waals surface area contributed by atoms with Crippen molar-refractivity contribution in [2.75, 3.05) is 7.05 Å². The van der Waals surface area contributed by atoms with Crippen LogP contribution in [0.5, 0.6) is 0 Å². The quantitative estimate of drug-likeness (QED) is 0.593. The van der Waals surface area contributed by atoms with Crippen LogP contribution in [0, 0.1) is 0 Å². The normalized spacial score (nSPS) is 11.8. The fourth-order valence-corrected chi connectivity index (χ4v) is 1.29. The molecule has 17 heavy (non-hydrogen) atoms. The Kier molecular flexibility index (Phi) is 4.46. The molecule has 0 unspecified atom stereocenters. The molecule has 0 N–H and O–H groups in total. The minimum atomic E-state index is -0.370. The molecule has 1 rings (SSSR count). The van der Waals surface area contributed by atoms with Crippen LogP contribution in [0.2, 0.25) is 0 Å². The highest BCUT2D eigenvalue weighted by molar-refractivity contribution is 5.90. The van der Waals surface area contributed by atoms with Gasteiger partial charge in [-0.3, -0.25) is 9.63 Å². The van der Waals surface area contributed by atoms with Gasteiger partial charge in [-0.1, -0.05) is 30.3 Å². The zero-order valence-electron chi connectivity index (χ0n) is 10.8. The lowest BCUT2D eigenvalue weighted by molar-refractivity contribution is -0.212. The third-order valence-electron chi connectivity index (χ3n) is 1.94. The van der Waals surface area contributed by atoms with E-state index in [0.29, 0.717) is 0 Å². The molecule has 0 aliphatic carbocycles. The first-order valence-electron chi connectivity index (χ1n) is 5.58. The number of carbonyl (C=O) groups excluding carboxylic acids is 1. The minimum absolute atomic E-state index is 0.177. The van der Waals surface area contributed by atoms with Crippen LogP contribution in [0.3, 0.4) is 0 Å². The van der Waals surface area contributed by atoms with E-state index in [1.165, 1.54) is 11.1 Å². The highest BCUT2D eigenvalue weighted by atomic mass is 16.7. The highest BCUT2D eigenvalue weighted by Crippen LogP contribution is 2.09. The average molecular weight is 233 g/mol. The lowest BCUT2D eigenvalue weighted by atomic mass is 10.2. The molecule has 0 fully saturated rings. The summed E-state index contributed by atoms with van der Waals surface area (Å²) in [6.45, 7) is 5.70. The topological polar surface area (TPSA) is 29.5 Å². The van der Waals surface area contributed by atoms with Gasteiger partial charge in [-0.05, 0) is 32.4 Å². The van der Waals surface area contributed by atoms with Crippen LogP contribution in [0.4, 0.5) is 0 Å². The number of likely N-dealkylation sites (N-methyl/N-ethyl adjacent to an activating group) is 1. The molecule has 0 atom stereocenters. The Morgan fingerprint density at radius 3 is 2.35 bits per heavy atom. The second-order valence-electron chi connectivity index (χ2n) is 4.78. The molecule has 0 bridgehead atoms. The molecule has 92 valence electrons. The van der Waals surface area contributed by atoms with Crippen molar-refractivity contribution in [3.8, 4) is 0 Å². The van der Waals surface area contributed by atoms with E-state index in [1.54, 1.807) is 13.1 Å². The maximum Gasteiger partial charge on any atom is 0.269 e. The van der Waals surface area contributed by atoms with Gasteiger partial charge in [-0.25, -0.2) is 5.06 Å². The SMILES string of the molecule is CN(OC(C)(C)C)C(=O)/C=C/c1ccccc1. The molecule has 0 saturated carbocycles. The smallest absolute Gasteiger partial charge is 0.267 e. The van der Waals surface area contributed by atoms with Gasteiger partial charge in [-0.15, -0.1) is 0 Å². The summed E-state index contributed by atoms with van der Waals surface area (Å²) in [6, 6.07) is 9.68. The van der Waals surface area contributed by atoms with Gasteiger partial charge in [-0.2, -0.15) is 0 Å². The van der Waals surface area contributed by atoms with Crippen molar-refractivity contribution < 1.29 is 9.63 Å². The first-order valence-corrected chi connectivity index (χ1v) is 5.58. The summed E-state index contributed by atoms with van der Waals surface area (Å²) in [6.07, 6.45) is 3.27. The number of hydroxylamine groups is 2. The van der Waals surface area contributed by atoms with Gasteiger partial charge in [0.05, 0.1) is 5.60 Å². The molecule has 0 spiro atoms. The van der Waals surface area contributed by atoms with E-state index in [1.807, 2.05) is 51.1 Å². The number of rotatable bonds is 3. The van der Waals surface area contributed by atoms with E-state index >= 15 is 0 Å². The Morgan fingerprint density at radius 1 is 1.24 bits per heavy atom. The Morgan fingerprint density at radius 2 is 1.82 bits per heavy atom. The van der Waals surface area contributed by atoms with Crippen molar-refractivity contribution in [1.82, 2.24) is 5.06 Å². The molecule has 0 aliphatic heterocycles. The predicted molar refractivity (Wildman–Crippen MR) is 69.1 cm³/mol. The Hall–Kier alpha value is -1.61. The summed E-state index contributed by atoms with van der Waals surface area (Å²) >= 11 is 0. The van der Waals surface area contributed by atoms with Crippen molar-refractivity contribution in [3.63, 3.8) is 0 Å². The van der Waals surface area contributed by atoms with E-state index in [0.717, 1.165) is 5.56 Å². The molecule has 3 heteroatoms. The summed E-state index contributed by atoms with van der Waals surface area (Å²) in [5.41, 5.74) is 0.621. The molecule has 0 aromatic heterocycles. The van der Waals surface area contributed by atoms with Crippen LogP contribution in [-0.2, 0) is 9.63 Å². The zero-order valence-corrected chi connectivity index (χ0v) is 10.8. The summed E-state index contributed by atoms with van der Waals surface area (Å²) in [5.74, 6) is -0.177. The van der Waals surface area contributed by atoms with Gasteiger partial charge in [0.15, 0.2) is 0 Å². The molecule has 1 amide bonds. The number of nitrogens with zero attached hydrogens (tertiary/aromatic N) is 1. The van der Waals surface area contributed by atoms with Crippen LogP contribution < -0.4 is 0 Å². The molecule has 0 radical (unpaired) electrons. The van der Waals surface area contributed by atoms with E-state index in [9.17, 15) is 4.79 Å². The van der Waals surface area contributed by atoms with E-state index in [4.69, 9.17) is 4.84 Å².